The van der Waals surface area contributed by atoms with Gasteiger partial charge in [0.1, 0.15) is 18.0 Å². The van der Waals surface area contributed by atoms with E-state index in [1.54, 1.807) is 12.3 Å². The predicted octanol–water partition coefficient (Wildman–Crippen LogP) is 3.06. The monoisotopic (exact) mass is 463 g/mol. The molecule has 0 bridgehead atoms. The van der Waals surface area contributed by atoms with Crippen LogP contribution < -0.4 is 10.6 Å². The number of nitrogens with zero attached hydrogens (tertiary/aromatic N) is 5. The van der Waals surface area contributed by atoms with Crippen LogP contribution in [0, 0.1) is 0 Å². The molecule has 2 unspecified atom stereocenters. The smallest absolute Gasteiger partial charge is 0.268 e. The van der Waals surface area contributed by atoms with Crippen molar-refractivity contribution >= 4 is 29.1 Å². The van der Waals surface area contributed by atoms with Crippen LogP contribution in [0.15, 0.2) is 41.7 Å². The van der Waals surface area contributed by atoms with Crippen molar-refractivity contribution in [3.8, 4) is 0 Å². The lowest BCUT2D eigenvalue weighted by Gasteiger charge is -2.37. The molecule has 3 aliphatic rings. The summed E-state index contributed by atoms with van der Waals surface area (Å²) in [5.74, 6) is 0.468. The SMILES string of the molecule is C=C/C=C(\C=NCNc1ncc2cc3n(c2n1)C1(CCCC1)CNC3=O)N1CC(C)OC(C)C1. The number of fused-ring (bicyclic) bond motifs is 4. The Morgan fingerprint density at radius 3 is 2.85 bits per heavy atom. The number of anilines is 1. The van der Waals surface area contributed by atoms with E-state index in [9.17, 15) is 4.79 Å². The summed E-state index contributed by atoms with van der Waals surface area (Å²) in [6, 6.07) is 1.91. The first-order valence-corrected chi connectivity index (χ1v) is 12.1. The predicted molar refractivity (Wildman–Crippen MR) is 133 cm³/mol. The van der Waals surface area contributed by atoms with E-state index in [4.69, 9.17) is 9.72 Å². The van der Waals surface area contributed by atoms with E-state index in [0.717, 1.165) is 42.7 Å². The minimum atomic E-state index is -0.0778. The Hall–Kier alpha value is -3.20. The molecule has 2 N–H and O–H groups in total. The number of aliphatic imine (C=N–C) groups is 1. The van der Waals surface area contributed by atoms with Crippen LogP contribution in [0.5, 0.6) is 0 Å². The van der Waals surface area contributed by atoms with E-state index in [0.29, 0.717) is 24.9 Å². The van der Waals surface area contributed by atoms with Gasteiger partial charge in [0.2, 0.25) is 5.95 Å². The van der Waals surface area contributed by atoms with Crippen LogP contribution in [0.3, 0.4) is 0 Å². The first kappa shape index (κ1) is 22.6. The third-order valence-electron chi connectivity index (χ3n) is 6.99. The van der Waals surface area contributed by atoms with E-state index in [1.807, 2.05) is 18.4 Å². The molecule has 0 radical (unpaired) electrons. The molecule has 1 saturated heterocycles. The topological polar surface area (TPSA) is 96.7 Å². The Balaban J connectivity index is 1.33. The van der Waals surface area contributed by atoms with E-state index in [1.165, 1.54) is 12.8 Å². The number of rotatable bonds is 6. The minimum Gasteiger partial charge on any atom is -0.372 e. The number of allylic oxidation sites excluding steroid dienone is 3. The summed E-state index contributed by atoms with van der Waals surface area (Å²) in [7, 11) is 0. The van der Waals surface area contributed by atoms with Crippen molar-refractivity contribution < 1.29 is 9.53 Å². The number of hydrogen-bond acceptors (Lipinski definition) is 7. The quantitative estimate of drug-likeness (QED) is 0.505. The van der Waals surface area contributed by atoms with Crippen LogP contribution in [0.25, 0.3) is 11.0 Å². The first-order valence-electron chi connectivity index (χ1n) is 12.1. The van der Waals surface area contributed by atoms with Gasteiger partial charge in [-0.25, -0.2) is 4.98 Å². The summed E-state index contributed by atoms with van der Waals surface area (Å²) in [5, 5.41) is 7.17. The average molecular weight is 464 g/mol. The number of morpholine rings is 1. The van der Waals surface area contributed by atoms with Gasteiger partial charge in [0.25, 0.3) is 5.91 Å². The van der Waals surface area contributed by atoms with Crippen LogP contribution in [-0.2, 0) is 10.3 Å². The van der Waals surface area contributed by atoms with Crippen molar-refractivity contribution in [1.82, 2.24) is 24.8 Å². The first-order chi connectivity index (χ1) is 16.5. The molecule has 2 fully saturated rings. The van der Waals surface area contributed by atoms with Crippen molar-refractivity contribution in [3.63, 3.8) is 0 Å². The highest BCUT2D eigenvalue weighted by molar-refractivity contribution is 5.99. The average Bonchev–Trinajstić information content (AvgIpc) is 3.43. The molecule has 1 saturated carbocycles. The summed E-state index contributed by atoms with van der Waals surface area (Å²) in [5.41, 5.74) is 2.42. The summed E-state index contributed by atoms with van der Waals surface area (Å²) in [4.78, 5) is 28.6. The Labute approximate surface area is 200 Å². The molecule has 9 nitrogen and oxygen atoms in total. The number of amides is 1. The fourth-order valence-corrected chi connectivity index (χ4v) is 5.56. The maximum Gasteiger partial charge on any atom is 0.268 e. The van der Waals surface area contributed by atoms with Crippen molar-refractivity contribution in [2.24, 2.45) is 4.99 Å². The molecule has 5 rings (SSSR count). The zero-order valence-electron chi connectivity index (χ0n) is 20.0. The molecule has 1 amide bonds. The molecule has 34 heavy (non-hydrogen) atoms. The number of hydrogen-bond donors (Lipinski definition) is 2. The van der Waals surface area contributed by atoms with E-state index in [-0.39, 0.29) is 23.7 Å². The molecule has 1 aliphatic carbocycles. The van der Waals surface area contributed by atoms with Gasteiger partial charge in [-0.05, 0) is 38.8 Å². The van der Waals surface area contributed by atoms with Gasteiger partial charge in [-0.2, -0.15) is 4.98 Å². The van der Waals surface area contributed by atoms with Crippen molar-refractivity contribution in [1.29, 1.82) is 0 Å². The van der Waals surface area contributed by atoms with Gasteiger partial charge in [-0.15, -0.1) is 0 Å². The Morgan fingerprint density at radius 2 is 2.12 bits per heavy atom. The normalized spacial score (nSPS) is 24.6. The van der Waals surface area contributed by atoms with Gasteiger partial charge in [-0.3, -0.25) is 9.79 Å². The number of nitrogens with one attached hydrogen (secondary N) is 2. The minimum absolute atomic E-state index is 0.0390. The molecule has 0 aromatic carbocycles. The van der Waals surface area contributed by atoms with Gasteiger partial charge in [0.15, 0.2) is 0 Å². The number of aromatic nitrogens is 3. The summed E-state index contributed by atoms with van der Waals surface area (Å²) in [6.07, 6.45) is 12.2. The maximum atomic E-state index is 12.5. The molecule has 4 heterocycles. The molecular weight excluding hydrogens is 430 g/mol. The van der Waals surface area contributed by atoms with Gasteiger partial charge in [0, 0.05) is 37.4 Å². The molecule has 2 aliphatic heterocycles. The van der Waals surface area contributed by atoms with Crippen LogP contribution >= 0.6 is 0 Å². The summed E-state index contributed by atoms with van der Waals surface area (Å²) in [6.45, 7) is 10.6. The Bertz CT molecular complexity index is 1140. The maximum absolute atomic E-state index is 12.5. The summed E-state index contributed by atoms with van der Waals surface area (Å²) < 4.78 is 8.01. The van der Waals surface area contributed by atoms with E-state index in [2.05, 4.69) is 50.5 Å². The zero-order valence-corrected chi connectivity index (χ0v) is 20.0. The zero-order chi connectivity index (χ0) is 23.7. The fourth-order valence-electron chi connectivity index (χ4n) is 5.56. The second-order valence-corrected chi connectivity index (χ2v) is 9.59. The lowest BCUT2D eigenvalue weighted by Crippen LogP contribution is -2.50. The van der Waals surface area contributed by atoms with Crippen LogP contribution in [-0.4, -0.2) is 70.1 Å². The Morgan fingerprint density at radius 1 is 1.35 bits per heavy atom. The molecule has 180 valence electrons. The highest BCUT2D eigenvalue weighted by Crippen LogP contribution is 2.41. The second kappa shape index (κ2) is 9.21. The van der Waals surface area contributed by atoms with Gasteiger partial charge in [-0.1, -0.05) is 25.5 Å². The van der Waals surface area contributed by atoms with Gasteiger partial charge in [0.05, 0.1) is 23.4 Å². The number of ether oxygens (including phenoxy) is 1. The summed E-state index contributed by atoms with van der Waals surface area (Å²) >= 11 is 0. The van der Waals surface area contributed by atoms with Crippen LogP contribution in [0.2, 0.25) is 0 Å². The van der Waals surface area contributed by atoms with Crippen molar-refractivity contribution in [2.75, 3.05) is 31.6 Å². The van der Waals surface area contributed by atoms with Crippen LogP contribution in [0.1, 0.15) is 50.0 Å². The standard InChI is InChI=1S/C25H33N7O2/c1-4-7-20(31-13-17(2)34-18(3)14-31)12-26-16-29-24-27-11-19-10-21-23(33)28-15-25(8-5-6-9-25)32(21)22(19)30-24/h4,7,10-12,17-18H,1,5-6,8-9,13-16H2,2-3H3,(H,28,33)(H,27,29,30)/b20-7+,26-12?. The van der Waals surface area contributed by atoms with E-state index < -0.39 is 0 Å². The number of carbonyl (C=O) groups is 1. The highest BCUT2D eigenvalue weighted by atomic mass is 16.5. The third kappa shape index (κ3) is 4.20. The molecule has 9 heteroatoms. The lowest BCUT2D eigenvalue weighted by molar-refractivity contribution is -0.0558. The third-order valence-corrected chi connectivity index (χ3v) is 6.99. The lowest BCUT2D eigenvalue weighted by atomic mass is 9.94. The van der Waals surface area contributed by atoms with Crippen LogP contribution in [0.4, 0.5) is 5.95 Å². The van der Waals surface area contributed by atoms with E-state index >= 15 is 0 Å². The molecular formula is C25H33N7O2. The van der Waals surface area contributed by atoms with Crippen molar-refractivity contribution in [2.45, 2.75) is 57.3 Å². The molecule has 2 aromatic rings. The molecule has 1 spiro atoms. The fraction of sp³-hybridized carbons (Fsp3) is 0.520. The highest BCUT2D eigenvalue weighted by Gasteiger charge is 2.42. The molecule has 2 atom stereocenters. The van der Waals surface area contributed by atoms with Gasteiger partial charge >= 0.3 is 0 Å². The number of carbonyl (C=O) groups excluding carboxylic acids is 1. The Kier molecular flexibility index (Phi) is 6.12. The second-order valence-electron chi connectivity index (χ2n) is 9.59. The largest absolute Gasteiger partial charge is 0.372 e. The van der Waals surface area contributed by atoms with Gasteiger partial charge < -0.3 is 24.8 Å². The van der Waals surface area contributed by atoms with Crippen molar-refractivity contribution in [3.05, 3.63) is 42.4 Å². The molecule has 2 aromatic heterocycles.